The molecule has 2 aromatic heterocycles. The predicted octanol–water partition coefficient (Wildman–Crippen LogP) is 5.58. The molecule has 202 valence electrons. The summed E-state index contributed by atoms with van der Waals surface area (Å²) in [7, 11) is 0. The summed E-state index contributed by atoms with van der Waals surface area (Å²) in [5.41, 5.74) is 4.32. The maximum Gasteiger partial charge on any atom is 0.287 e. The van der Waals surface area contributed by atoms with Crippen LogP contribution in [0.4, 0.5) is 5.69 Å². The van der Waals surface area contributed by atoms with Gasteiger partial charge in [-0.2, -0.15) is 0 Å². The summed E-state index contributed by atoms with van der Waals surface area (Å²) >= 11 is 0. The lowest BCUT2D eigenvalue weighted by Gasteiger charge is -2.33. The van der Waals surface area contributed by atoms with Gasteiger partial charge in [0, 0.05) is 74.9 Å². The van der Waals surface area contributed by atoms with E-state index in [1.54, 1.807) is 0 Å². The topological polar surface area (TPSA) is 70.8 Å². The number of piperidine rings is 2. The van der Waals surface area contributed by atoms with Crippen molar-refractivity contribution in [1.82, 2.24) is 15.2 Å². The fraction of sp³-hybridized carbons (Fsp3) is 0.375. The normalized spacial score (nSPS) is 17.4. The summed E-state index contributed by atoms with van der Waals surface area (Å²) in [4.78, 5) is 22.2. The van der Waals surface area contributed by atoms with Crippen LogP contribution in [0.15, 0.2) is 77.3 Å². The monoisotopic (exact) mass is 524 g/mol. The van der Waals surface area contributed by atoms with E-state index >= 15 is 0 Å². The molecule has 2 fully saturated rings. The number of benzene rings is 2. The number of carbonyl (C=O) groups excluding carboxylic acids is 1. The van der Waals surface area contributed by atoms with Gasteiger partial charge in [0.2, 0.25) is 0 Å². The Morgan fingerprint density at radius 1 is 0.974 bits per heavy atom. The van der Waals surface area contributed by atoms with E-state index in [0.717, 1.165) is 75.2 Å². The maximum atomic E-state index is 13.0. The molecule has 2 aromatic carbocycles. The first-order valence-electron chi connectivity index (χ1n) is 14.0. The molecular formula is C32H36N4O3. The number of amides is 1. The SMILES string of the molecule is Cc1ccc(N2CCC(Oc3ccc4cc(C(=O)NC5CCN(Cc6ccccn6)CC5)oc4c3)CC2)cc1. The molecule has 0 radical (unpaired) electrons. The smallest absolute Gasteiger partial charge is 0.287 e. The molecule has 0 aliphatic carbocycles. The quantitative estimate of drug-likeness (QED) is 0.340. The van der Waals surface area contributed by atoms with E-state index < -0.39 is 0 Å². The van der Waals surface area contributed by atoms with Crippen molar-refractivity contribution in [2.75, 3.05) is 31.1 Å². The molecule has 2 aliphatic rings. The van der Waals surface area contributed by atoms with E-state index in [-0.39, 0.29) is 18.1 Å². The van der Waals surface area contributed by atoms with E-state index in [1.807, 2.05) is 42.6 Å². The van der Waals surface area contributed by atoms with Gasteiger partial charge in [0.1, 0.15) is 17.4 Å². The molecule has 7 heteroatoms. The number of anilines is 1. The standard InChI is InChI=1S/C32H36N4O3/c1-23-5-8-27(9-6-23)36-18-13-28(14-19-36)38-29-10-7-24-20-31(39-30(24)21-29)32(37)34-25-11-16-35(17-12-25)22-26-4-2-3-15-33-26/h2-10,15,20-21,25,28H,11-14,16-19,22H2,1H3,(H,34,37). The van der Waals surface area contributed by atoms with Gasteiger partial charge in [0.25, 0.3) is 5.91 Å². The molecule has 0 bridgehead atoms. The highest BCUT2D eigenvalue weighted by Crippen LogP contribution is 2.28. The average molecular weight is 525 g/mol. The second kappa shape index (κ2) is 11.5. The number of fused-ring (bicyclic) bond motifs is 1. The van der Waals surface area contributed by atoms with Crippen molar-refractivity contribution in [3.05, 3.63) is 89.9 Å². The molecule has 4 aromatic rings. The minimum absolute atomic E-state index is 0.148. The average Bonchev–Trinajstić information content (AvgIpc) is 3.39. The van der Waals surface area contributed by atoms with Crippen LogP contribution in [0.3, 0.4) is 0 Å². The Bertz CT molecular complexity index is 1390. The van der Waals surface area contributed by atoms with E-state index in [2.05, 4.69) is 57.4 Å². The number of carbonyl (C=O) groups is 1. The Morgan fingerprint density at radius 2 is 1.77 bits per heavy atom. The predicted molar refractivity (Wildman–Crippen MR) is 153 cm³/mol. The van der Waals surface area contributed by atoms with Gasteiger partial charge in [-0.3, -0.25) is 14.7 Å². The number of hydrogen-bond donors (Lipinski definition) is 1. The number of nitrogens with zero attached hydrogens (tertiary/aromatic N) is 3. The van der Waals surface area contributed by atoms with Gasteiger partial charge in [-0.25, -0.2) is 0 Å². The number of pyridine rings is 1. The van der Waals surface area contributed by atoms with Crippen LogP contribution in [-0.4, -0.2) is 54.1 Å². The number of ether oxygens (including phenoxy) is 1. The highest BCUT2D eigenvalue weighted by Gasteiger charge is 2.24. The minimum atomic E-state index is -0.152. The molecule has 6 rings (SSSR count). The third-order valence-corrected chi connectivity index (χ3v) is 7.89. The van der Waals surface area contributed by atoms with E-state index in [9.17, 15) is 4.79 Å². The fourth-order valence-electron chi connectivity index (χ4n) is 5.59. The van der Waals surface area contributed by atoms with Crippen LogP contribution in [0.1, 0.15) is 47.5 Å². The second-order valence-electron chi connectivity index (χ2n) is 10.8. The van der Waals surface area contributed by atoms with Gasteiger partial charge in [-0.05, 0) is 62.2 Å². The molecule has 0 saturated carbocycles. The van der Waals surface area contributed by atoms with Crippen molar-refractivity contribution in [3.63, 3.8) is 0 Å². The Kier molecular flexibility index (Phi) is 7.50. The lowest BCUT2D eigenvalue weighted by molar-refractivity contribution is 0.0882. The van der Waals surface area contributed by atoms with E-state index in [1.165, 1.54) is 11.3 Å². The Labute approximate surface area is 229 Å². The largest absolute Gasteiger partial charge is 0.490 e. The summed E-state index contributed by atoms with van der Waals surface area (Å²) in [6.45, 7) is 6.79. The molecule has 4 heterocycles. The van der Waals surface area contributed by atoms with E-state index in [0.29, 0.717) is 11.3 Å². The van der Waals surface area contributed by atoms with Crippen LogP contribution >= 0.6 is 0 Å². The minimum Gasteiger partial charge on any atom is -0.490 e. The molecule has 1 N–H and O–H groups in total. The Morgan fingerprint density at radius 3 is 2.51 bits per heavy atom. The van der Waals surface area contributed by atoms with E-state index in [4.69, 9.17) is 9.15 Å². The Balaban J connectivity index is 0.999. The number of aromatic nitrogens is 1. The molecule has 1 amide bonds. The highest BCUT2D eigenvalue weighted by molar-refractivity contribution is 5.96. The van der Waals surface area contributed by atoms with Gasteiger partial charge in [0.05, 0.1) is 5.69 Å². The van der Waals surface area contributed by atoms with Crippen LogP contribution in [0, 0.1) is 6.92 Å². The van der Waals surface area contributed by atoms with Gasteiger partial charge >= 0.3 is 0 Å². The van der Waals surface area contributed by atoms with Crippen molar-refractivity contribution >= 4 is 22.6 Å². The Hall–Kier alpha value is -3.84. The molecule has 0 unspecified atom stereocenters. The van der Waals surface area contributed by atoms with Crippen molar-refractivity contribution in [2.45, 2.75) is 51.3 Å². The number of nitrogens with one attached hydrogen (secondary N) is 1. The van der Waals surface area contributed by atoms with Gasteiger partial charge in [0.15, 0.2) is 5.76 Å². The van der Waals surface area contributed by atoms with Gasteiger partial charge in [-0.1, -0.05) is 23.8 Å². The van der Waals surface area contributed by atoms with Gasteiger partial charge < -0.3 is 19.4 Å². The van der Waals surface area contributed by atoms with Crippen molar-refractivity contribution in [3.8, 4) is 5.75 Å². The summed E-state index contributed by atoms with van der Waals surface area (Å²) < 4.78 is 12.3. The van der Waals surface area contributed by atoms with Crippen LogP contribution < -0.4 is 15.0 Å². The third-order valence-electron chi connectivity index (χ3n) is 7.89. The fourth-order valence-corrected chi connectivity index (χ4v) is 5.59. The maximum absolute atomic E-state index is 13.0. The van der Waals surface area contributed by atoms with Crippen LogP contribution in [0.25, 0.3) is 11.0 Å². The summed E-state index contributed by atoms with van der Waals surface area (Å²) in [6, 6.07) is 22.6. The van der Waals surface area contributed by atoms with Crippen LogP contribution in [0.5, 0.6) is 5.75 Å². The van der Waals surface area contributed by atoms with Crippen molar-refractivity contribution in [2.24, 2.45) is 0 Å². The van der Waals surface area contributed by atoms with Crippen LogP contribution in [-0.2, 0) is 6.54 Å². The summed E-state index contributed by atoms with van der Waals surface area (Å²) in [5.74, 6) is 0.989. The molecule has 0 atom stereocenters. The highest BCUT2D eigenvalue weighted by atomic mass is 16.5. The summed E-state index contributed by atoms with van der Waals surface area (Å²) in [5, 5.41) is 4.08. The zero-order chi connectivity index (χ0) is 26.6. The van der Waals surface area contributed by atoms with Crippen molar-refractivity contribution < 1.29 is 13.9 Å². The molecule has 39 heavy (non-hydrogen) atoms. The molecular weight excluding hydrogens is 488 g/mol. The lowest BCUT2D eigenvalue weighted by Crippen LogP contribution is -2.44. The summed E-state index contributed by atoms with van der Waals surface area (Å²) in [6.07, 6.45) is 5.78. The third kappa shape index (κ3) is 6.25. The number of aryl methyl sites for hydroxylation is 1. The number of hydrogen-bond acceptors (Lipinski definition) is 6. The second-order valence-corrected chi connectivity index (χ2v) is 10.8. The first-order chi connectivity index (χ1) is 19.1. The zero-order valence-corrected chi connectivity index (χ0v) is 22.5. The molecule has 2 aliphatic heterocycles. The zero-order valence-electron chi connectivity index (χ0n) is 22.5. The number of likely N-dealkylation sites (tertiary alicyclic amines) is 1. The first kappa shape index (κ1) is 25.4. The molecule has 7 nitrogen and oxygen atoms in total. The van der Waals surface area contributed by atoms with Crippen LogP contribution in [0.2, 0.25) is 0 Å². The van der Waals surface area contributed by atoms with Crippen molar-refractivity contribution in [1.29, 1.82) is 0 Å². The molecule has 2 saturated heterocycles. The lowest BCUT2D eigenvalue weighted by atomic mass is 10.0. The first-order valence-corrected chi connectivity index (χ1v) is 14.0. The molecule has 0 spiro atoms. The van der Waals surface area contributed by atoms with Gasteiger partial charge in [-0.15, -0.1) is 0 Å². The number of rotatable bonds is 7. The number of furan rings is 1.